The van der Waals surface area contributed by atoms with E-state index < -0.39 is 6.10 Å². The van der Waals surface area contributed by atoms with E-state index in [9.17, 15) is 14.4 Å². The molecule has 78 heavy (non-hydrogen) atoms. The van der Waals surface area contributed by atoms with Gasteiger partial charge in [-0.05, 0) is 96.3 Å². The molecule has 0 aliphatic rings. The van der Waals surface area contributed by atoms with Gasteiger partial charge in [-0.1, -0.05) is 304 Å². The molecule has 0 aromatic heterocycles. The fraction of sp³-hybridized carbons (Fsp3) is 0.736. The smallest absolute Gasteiger partial charge is 0.306 e. The average Bonchev–Trinajstić information content (AvgIpc) is 3.44. The maximum absolute atomic E-state index is 12.9. The standard InChI is InChI=1S/C72H124O6/c1-4-7-10-13-16-19-22-24-26-28-30-32-34-35-36-37-38-40-41-43-45-47-50-53-56-59-62-65-71(74)77-68-69(67-76-70(73)64-61-58-55-52-49-21-18-15-12-9-6-3)78-72(75)66-63-60-57-54-51-48-46-44-42-39-33-31-29-27-25-23-20-17-14-11-8-5-2/h7,10,15-16,18-19,24,26,30,32,35-36,38,40,43,45,69H,4-6,8-9,11-14,17,20-23,25,27-29,31,33-34,37,39,41-42,44,46-68H2,1-3H3/b10-7-,18-15-,19-16-,26-24-,32-30-,36-35-,40-38-,45-43-. The maximum Gasteiger partial charge on any atom is 0.306 e. The van der Waals surface area contributed by atoms with Gasteiger partial charge in [0, 0.05) is 19.3 Å². The Kier molecular flexibility index (Phi) is 62.7. The molecule has 0 saturated heterocycles. The zero-order valence-corrected chi connectivity index (χ0v) is 51.4. The van der Waals surface area contributed by atoms with Crippen LogP contribution in [0.5, 0.6) is 0 Å². The Morgan fingerprint density at radius 1 is 0.269 bits per heavy atom. The van der Waals surface area contributed by atoms with Gasteiger partial charge in [0.15, 0.2) is 6.10 Å². The number of carbonyl (C=O) groups excluding carboxylic acids is 3. The lowest BCUT2D eigenvalue weighted by molar-refractivity contribution is -0.167. The van der Waals surface area contributed by atoms with E-state index >= 15 is 0 Å². The minimum absolute atomic E-state index is 0.0859. The summed E-state index contributed by atoms with van der Waals surface area (Å²) in [7, 11) is 0. The molecule has 6 nitrogen and oxygen atoms in total. The Balaban J connectivity index is 4.30. The third kappa shape index (κ3) is 63.2. The summed E-state index contributed by atoms with van der Waals surface area (Å²) in [4.78, 5) is 38.3. The minimum atomic E-state index is -0.789. The monoisotopic (exact) mass is 1080 g/mol. The molecule has 1 atom stereocenters. The molecule has 0 aliphatic carbocycles. The molecule has 0 fully saturated rings. The number of rotatable bonds is 60. The van der Waals surface area contributed by atoms with Gasteiger partial charge in [0.25, 0.3) is 0 Å². The first-order valence-electron chi connectivity index (χ1n) is 33.2. The van der Waals surface area contributed by atoms with Gasteiger partial charge in [-0.15, -0.1) is 0 Å². The number of esters is 3. The Bertz CT molecular complexity index is 1530. The van der Waals surface area contributed by atoms with Gasteiger partial charge >= 0.3 is 17.9 Å². The van der Waals surface area contributed by atoms with Crippen LogP contribution in [-0.2, 0) is 28.6 Å². The predicted molar refractivity (Wildman–Crippen MR) is 339 cm³/mol. The van der Waals surface area contributed by atoms with Gasteiger partial charge < -0.3 is 14.2 Å². The molecule has 0 aromatic rings. The summed E-state index contributed by atoms with van der Waals surface area (Å²) in [6.07, 6.45) is 88.5. The van der Waals surface area contributed by atoms with Crippen molar-refractivity contribution in [2.24, 2.45) is 0 Å². The molecule has 0 rings (SSSR count). The van der Waals surface area contributed by atoms with Crippen LogP contribution < -0.4 is 0 Å². The topological polar surface area (TPSA) is 78.9 Å². The van der Waals surface area contributed by atoms with E-state index in [4.69, 9.17) is 14.2 Å². The summed E-state index contributed by atoms with van der Waals surface area (Å²) >= 11 is 0. The highest BCUT2D eigenvalue weighted by Crippen LogP contribution is 2.17. The average molecular weight is 1090 g/mol. The molecule has 6 heteroatoms. The minimum Gasteiger partial charge on any atom is -0.462 e. The molecule has 0 amide bonds. The fourth-order valence-electron chi connectivity index (χ4n) is 9.35. The lowest BCUT2D eigenvalue weighted by atomic mass is 10.0. The zero-order chi connectivity index (χ0) is 56.4. The van der Waals surface area contributed by atoms with Gasteiger partial charge in [-0.25, -0.2) is 0 Å². The highest BCUT2D eigenvalue weighted by atomic mass is 16.6. The molecule has 0 aromatic carbocycles. The second kappa shape index (κ2) is 65.8. The van der Waals surface area contributed by atoms with Crippen molar-refractivity contribution in [2.45, 2.75) is 329 Å². The van der Waals surface area contributed by atoms with Crippen molar-refractivity contribution in [1.82, 2.24) is 0 Å². The van der Waals surface area contributed by atoms with Crippen molar-refractivity contribution in [2.75, 3.05) is 13.2 Å². The van der Waals surface area contributed by atoms with Gasteiger partial charge in [-0.3, -0.25) is 14.4 Å². The van der Waals surface area contributed by atoms with Crippen molar-refractivity contribution >= 4 is 17.9 Å². The van der Waals surface area contributed by atoms with E-state index in [0.717, 1.165) is 128 Å². The predicted octanol–water partition coefficient (Wildman–Crippen LogP) is 22.8. The van der Waals surface area contributed by atoms with Gasteiger partial charge in [0.05, 0.1) is 0 Å². The van der Waals surface area contributed by atoms with Crippen molar-refractivity contribution < 1.29 is 28.6 Å². The Morgan fingerprint density at radius 3 is 0.833 bits per heavy atom. The van der Waals surface area contributed by atoms with E-state index in [1.807, 2.05) is 0 Å². The Labute approximate surface area is 483 Å². The lowest BCUT2D eigenvalue weighted by Gasteiger charge is -2.18. The van der Waals surface area contributed by atoms with Gasteiger partial charge in [0.2, 0.25) is 0 Å². The summed E-state index contributed by atoms with van der Waals surface area (Å²) in [6.45, 7) is 6.50. The normalized spacial score (nSPS) is 12.7. The third-order valence-corrected chi connectivity index (χ3v) is 14.3. The van der Waals surface area contributed by atoms with Crippen LogP contribution in [0.25, 0.3) is 0 Å². The quantitative estimate of drug-likeness (QED) is 0.0261. The summed E-state index contributed by atoms with van der Waals surface area (Å²) in [5, 5.41) is 0. The first-order valence-corrected chi connectivity index (χ1v) is 33.2. The summed E-state index contributed by atoms with van der Waals surface area (Å²) < 4.78 is 16.9. The molecular weight excluding hydrogens is 961 g/mol. The second-order valence-corrected chi connectivity index (χ2v) is 22.0. The van der Waals surface area contributed by atoms with E-state index in [2.05, 4.69) is 118 Å². The molecule has 0 aliphatic heterocycles. The molecule has 0 N–H and O–H groups in total. The highest BCUT2D eigenvalue weighted by molar-refractivity contribution is 5.71. The van der Waals surface area contributed by atoms with E-state index in [1.54, 1.807) is 0 Å². The zero-order valence-electron chi connectivity index (χ0n) is 51.4. The number of unbranched alkanes of at least 4 members (excludes halogenated alkanes) is 33. The Morgan fingerprint density at radius 2 is 0.513 bits per heavy atom. The summed E-state index contributed by atoms with van der Waals surface area (Å²) in [5.74, 6) is -0.902. The molecule has 0 saturated carbocycles. The van der Waals surface area contributed by atoms with Crippen LogP contribution in [-0.4, -0.2) is 37.2 Å². The molecule has 1 unspecified atom stereocenters. The van der Waals surface area contributed by atoms with Gasteiger partial charge in [0.1, 0.15) is 13.2 Å². The number of carbonyl (C=O) groups is 3. The fourth-order valence-corrected chi connectivity index (χ4v) is 9.35. The largest absolute Gasteiger partial charge is 0.462 e. The van der Waals surface area contributed by atoms with Crippen LogP contribution in [0.4, 0.5) is 0 Å². The third-order valence-electron chi connectivity index (χ3n) is 14.3. The Hall–Kier alpha value is -3.67. The molecule has 448 valence electrons. The second-order valence-electron chi connectivity index (χ2n) is 22.0. The lowest BCUT2D eigenvalue weighted by Crippen LogP contribution is -2.30. The van der Waals surface area contributed by atoms with E-state index in [1.165, 1.54) is 154 Å². The number of allylic oxidation sites excluding steroid dienone is 16. The van der Waals surface area contributed by atoms with Crippen molar-refractivity contribution in [1.29, 1.82) is 0 Å². The van der Waals surface area contributed by atoms with E-state index in [0.29, 0.717) is 19.3 Å². The van der Waals surface area contributed by atoms with Crippen LogP contribution in [0.1, 0.15) is 323 Å². The first kappa shape index (κ1) is 74.3. The first-order chi connectivity index (χ1) is 38.5. The maximum atomic E-state index is 12.9. The number of hydrogen-bond acceptors (Lipinski definition) is 6. The van der Waals surface area contributed by atoms with Crippen molar-refractivity contribution in [3.63, 3.8) is 0 Å². The molecular formula is C72H124O6. The van der Waals surface area contributed by atoms with Crippen LogP contribution in [0.3, 0.4) is 0 Å². The number of ether oxygens (including phenoxy) is 3. The van der Waals surface area contributed by atoms with E-state index in [-0.39, 0.29) is 31.1 Å². The SMILES string of the molecule is CC/C=C\C/C=C\C/C=C\C/C=C\C/C=C\C/C=C\C/C=C\CCCCCCCC(=O)OCC(COC(=O)CCCCCCC/C=C\CCCC)OC(=O)CCCCCCCCCCCCCCCCCCCCCCCC. The van der Waals surface area contributed by atoms with Crippen molar-refractivity contribution in [3.05, 3.63) is 97.2 Å². The van der Waals surface area contributed by atoms with Crippen LogP contribution >= 0.6 is 0 Å². The molecule has 0 spiro atoms. The molecule has 0 bridgehead atoms. The molecule has 0 radical (unpaired) electrons. The summed E-state index contributed by atoms with van der Waals surface area (Å²) in [5.41, 5.74) is 0. The van der Waals surface area contributed by atoms with Crippen LogP contribution in [0.15, 0.2) is 97.2 Å². The van der Waals surface area contributed by atoms with Crippen molar-refractivity contribution in [3.8, 4) is 0 Å². The highest BCUT2D eigenvalue weighted by Gasteiger charge is 2.19. The van der Waals surface area contributed by atoms with Crippen LogP contribution in [0, 0.1) is 0 Å². The number of hydrogen-bond donors (Lipinski definition) is 0. The molecule has 0 heterocycles. The van der Waals surface area contributed by atoms with Crippen LogP contribution in [0.2, 0.25) is 0 Å². The van der Waals surface area contributed by atoms with Gasteiger partial charge in [-0.2, -0.15) is 0 Å². The summed E-state index contributed by atoms with van der Waals surface area (Å²) in [6, 6.07) is 0.